The first kappa shape index (κ1) is 18.7. The van der Waals surface area contributed by atoms with Gasteiger partial charge in [-0.05, 0) is 24.1 Å². The lowest BCUT2D eigenvalue weighted by atomic mass is 10.1. The SMILES string of the molecule is COCc1ccccc1CNC(=O)CN(C)C(=O)C(C)n1cccn1. The van der Waals surface area contributed by atoms with Gasteiger partial charge in [0.05, 0.1) is 13.2 Å². The minimum absolute atomic E-state index is 0.00309. The van der Waals surface area contributed by atoms with Crippen LogP contribution in [-0.2, 0) is 27.5 Å². The second-order valence-electron chi connectivity index (χ2n) is 5.83. The number of amides is 2. The van der Waals surface area contributed by atoms with Crippen molar-refractivity contribution >= 4 is 11.8 Å². The molecule has 0 bridgehead atoms. The van der Waals surface area contributed by atoms with E-state index >= 15 is 0 Å². The first-order valence-electron chi connectivity index (χ1n) is 8.09. The number of ether oxygens (including phenoxy) is 1. The van der Waals surface area contributed by atoms with Crippen molar-refractivity contribution in [1.82, 2.24) is 20.0 Å². The highest BCUT2D eigenvalue weighted by atomic mass is 16.5. The van der Waals surface area contributed by atoms with E-state index in [1.807, 2.05) is 24.3 Å². The van der Waals surface area contributed by atoms with Gasteiger partial charge < -0.3 is 15.0 Å². The van der Waals surface area contributed by atoms with E-state index in [0.717, 1.165) is 11.1 Å². The first-order valence-corrected chi connectivity index (χ1v) is 8.09. The summed E-state index contributed by atoms with van der Waals surface area (Å²) in [6.07, 6.45) is 3.34. The van der Waals surface area contributed by atoms with Crippen molar-refractivity contribution in [2.45, 2.75) is 26.1 Å². The van der Waals surface area contributed by atoms with Crippen LogP contribution in [0.15, 0.2) is 42.7 Å². The minimum atomic E-state index is -0.449. The Bertz CT molecular complexity index is 700. The van der Waals surface area contributed by atoms with Crippen molar-refractivity contribution in [1.29, 1.82) is 0 Å². The standard InChI is InChI=1S/C18H24N4O3/c1-14(22-10-6-9-20-22)18(24)21(2)12-17(23)19-11-15-7-4-5-8-16(15)13-25-3/h4-10,14H,11-13H2,1-3H3,(H,19,23). The van der Waals surface area contributed by atoms with Crippen LogP contribution in [0.2, 0.25) is 0 Å². The van der Waals surface area contributed by atoms with Crippen LogP contribution in [0.1, 0.15) is 24.1 Å². The molecule has 0 saturated carbocycles. The molecule has 0 aliphatic rings. The van der Waals surface area contributed by atoms with Crippen LogP contribution in [0.25, 0.3) is 0 Å². The predicted molar refractivity (Wildman–Crippen MR) is 93.6 cm³/mol. The van der Waals surface area contributed by atoms with Gasteiger partial charge in [0.1, 0.15) is 6.04 Å². The van der Waals surface area contributed by atoms with Crippen molar-refractivity contribution in [2.75, 3.05) is 20.7 Å². The van der Waals surface area contributed by atoms with Crippen LogP contribution >= 0.6 is 0 Å². The zero-order valence-electron chi connectivity index (χ0n) is 14.8. The fourth-order valence-corrected chi connectivity index (χ4v) is 2.51. The van der Waals surface area contributed by atoms with Crippen molar-refractivity contribution in [3.05, 3.63) is 53.9 Å². The summed E-state index contributed by atoms with van der Waals surface area (Å²) in [5.74, 6) is -0.380. The number of benzene rings is 1. The maximum absolute atomic E-state index is 12.4. The van der Waals surface area contributed by atoms with Gasteiger partial charge in [-0.3, -0.25) is 14.3 Å². The van der Waals surface area contributed by atoms with Crippen molar-refractivity contribution < 1.29 is 14.3 Å². The Labute approximate surface area is 147 Å². The zero-order chi connectivity index (χ0) is 18.2. The second kappa shape index (κ2) is 8.98. The Hall–Kier alpha value is -2.67. The van der Waals surface area contributed by atoms with E-state index in [0.29, 0.717) is 13.2 Å². The van der Waals surface area contributed by atoms with Crippen LogP contribution in [0.4, 0.5) is 0 Å². The van der Waals surface area contributed by atoms with Crippen LogP contribution in [-0.4, -0.2) is 47.2 Å². The van der Waals surface area contributed by atoms with Crippen LogP contribution in [0.5, 0.6) is 0 Å². The topological polar surface area (TPSA) is 76.5 Å². The molecule has 0 spiro atoms. The molecule has 1 aromatic carbocycles. The van der Waals surface area contributed by atoms with Crippen LogP contribution in [0.3, 0.4) is 0 Å². The summed E-state index contributed by atoms with van der Waals surface area (Å²) in [7, 11) is 3.25. The van der Waals surface area contributed by atoms with Gasteiger partial charge in [0.25, 0.3) is 0 Å². The number of rotatable bonds is 8. The Morgan fingerprint density at radius 2 is 2.00 bits per heavy atom. The largest absolute Gasteiger partial charge is 0.380 e. The highest BCUT2D eigenvalue weighted by Crippen LogP contribution is 2.10. The zero-order valence-corrected chi connectivity index (χ0v) is 14.8. The fraction of sp³-hybridized carbons (Fsp3) is 0.389. The molecular weight excluding hydrogens is 320 g/mol. The van der Waals surface area contributed by atoms with Gasteiger partial charge in [-0.25, -0.2) is 0 Å². The molecule has 7 heteroatoms. The Balaban J connectivity index is 1.86. The molecule has 134 valence electrons. The quantitative estimate of drug-likeness (QED) is 0.785. The number of nitrogens with zero attached hydrogens (tertiary/aromatic N) is 3. The summed E-state index contributed by atoms with van der Waals surface area (Å²) in [6.45, 7) is 2.64. The number of hydrogen-bond donors (Lipinski definition) is 1. The second-order valence-corrected chi connectivity index (χ2v) is 5.83. The van der Waals surface area contributed by atoms with Gasteiger partial charge in [-0.2, -0.15) is 5.10 Å². The Kier molecular flexibility index (Phi) is 6.71. The third-order valence-corrected chi connectivity index (χ3v) is 3.93. The van der Waals surface area contributed by atoms with Crippen molar-refractivity contribution in [3.8, 4) is 0 Å². The van der Waals surface area contributed by atoms with Gasteiger partial charge in [0, 0.05) is 33.1 Å². The molecule has 0 aliphatic heterocycles. The molecule has 1 N–H and O–H groups in total. The molecular formula is C18H24N4O3. The smallest absolute Gasteiger partial charge is 0.247 e. The van der Waals surface area contributed by atoms with E-state index < -0.39 is 6.04 Å². The summed E-state index contributed by atoms with van der Waals surface area (Å²) in [4.78, 5) is 25.9. The third-order valence-electron chi connectivity index (χ3n) is 3.93. The van der Waals surface area contributed by atoms with Gasteiger partial charge in [0.15, 0.2) is 0 Å². The third kappa shape index (κ3) is 5.15. The summed E-state index contributed by atoms with van der Waals surface area (Å²) in [6, 6.07) is 9.07. The average molecular weight is 344 g/mol. The van der Waals surface area contributed by atoms with E-state index in [-0.39, 0.29) is 18.4 Å². The summed E-state index contributed by atoms with van der Waals surface area (Å²) in [5.41, 5.74) is 2.03. The molecule has 2 rings (SSSR count). The number of methoxy groups -OCH3 is 1. The maximum atomic E-state index is 12.4. The Morgan fingerprint density at radius 1 is 1.28 bits per heavy atom. The highest BCUT2D eigenvalue weighted by Gasteiger charge is 2.21. The average Bonchev–Trinajstić information content (AvgIpc) is 3.14. The lowest BCUT2D eigenvalue weighted by Gasteiger charge is -2.21. The molecule has 0 saturated heterocycles. The summed E-state index contributed by atoms with van der Waals surface area (Å²) < 4.78 is 6.73. The van der Waals surface area contributed by atoms with E-state index in [1.54, 1.807) is 44.2 Å². The van der Waals surface area contributed by atoms with E-state index in [1.165, 1.54) is 4.90 Å². The number of carbonyl (C=O) groups is 2. The monoisotopic (exact) mass is 344 g/mol. The molecule has 1 unspecified atom stereocenters. The van der Waals surface area contributed by atoms with Gasteiger partial charge in [-0.1, -0.05) is 24.3 Å². The van der Waals surface area contributed by atoms with Crippen LogP contribution < -0.4 is 5.32 Å². The predicted octanol–water partition coefficient (Wildman–Crippen LogP) is 1.37. The Morgan fingerprint density at radius 3 is 2.64 bits per heavy atom. The fourth-order valence-electron chi connectivity index (χ4n) is 2.51. The molecule has 1 atom stereocenters. The highest BCUT2D eigenvalue weighted by molar-refractivity contribution is 5.86. The lowest BCUT2D eigenvalue weighted by molar-refractivity contribution is -0.137. The maximum Gasteiger partial charge on any atom is 0.247 e. The number of likely N-dealkylation sites (N-methyl/N-ethyl adjacent to an activating group) is 1. The molecule has 0 fully saturated rings. The van der Waals surface area contributed by atoms with Crippen LogP contribution in [0, 0.1) is 0 Å². The minimum Gasteiger partial charge on any atom is -0.380 e. The lowest BCUT2D eigenvalue weighted by Crippen LogP contribution is -2.41. The normalized spacial score (nSPS) is 11.8. The van der Waals surface area contributed by atoms with E-state index in [4.69, 9.17) is 4.74 Å². The molecule has 2 aromatic rings. The van der Waals surface area contributed by atoms with Gasteiger partial charge in [-0.15, -0.1) is 0 Å². The number of nitrogens with one attached hydrogen (secondary N) is 1. The number of hydrogen-bond acceptors (Lipinski definition) is 4. The van der Waals surface area contributed by atoms with Gasteiger partial charge >= 0.3 is 0 Å². The molecule has 1 heterocycles. The van der Waals surface area contributed by atoms with E-state index in [9.17, 15) is 9.59 Å². The summed E-state index contributed by atoms with van der Waals surface area (Å²) >= 11 is 0. The molecule has 2 amide bonds. The van der Waals surface area contributed by atoms with Crippen molar-refractivity contribution in [2.24, 2.45) is 0 Å². The first-order chi connectivity index (χ1) is 12.0. The molecule has 25 heavy (non-hydrogen) atoms. The molecule has 0 radical (unpaired) electrons. The number of aromatic nitrogens is 2. The number of carbonyl (C=O) groups excluding carboxylic acids is 2. The van der Waals surface area contributed by atoms with Gasteiger partial charge in [0.2, 0.25) is 11.8 Å². The molecule has 1 aromatic heterocycles. The molecule has 0 aliphatic carbocycles. The summed E-state index contributed by atoms with van der Waals surface area (Å²) in [5, 5.41) is 6.91. The van der Waals surface area contributed by atoms with E-state index in [2.05, 4.69) is 10.4 Å². The molecule has 7 nitrogen and oxygen atoms in total. The van der Waals surface area contributed by atoms with Crippen molar-refractivity contribution in [3.63, 3.8) is 0 Å².